The Balaban J connectivity index is 2.21. The van der Waals surface area contributed by atoms with Gasteiger partial charge < -0.3 is 0 Å². The second-order valence-corrected chi connectivity index (χ2v) is 5.73. The van der Waals surface area contributed by atoms with Crippen molar-refractivity contribution in [2.45, 2.75) is 8.68 Å². The van der Waals surface area contributed by atoms with Crippen LogP contribution in [0.15, 0.2) is 15.0 Å². The molecule has 0 aliphatic carbocycles. The van der Waals surface area contributed by atoms with E-state index in [0.29, 0.717) is 15.5 Å². The van der Waals surface area contributed by atoms with Crippen LogP contribution < -0.4 is 0 Å². The molecule has 0 saturated heterocycles. The van der Waals surface area contributed by atoms with E-state index in [1.165, 1.54) is 41.0 Å². The standard InChI is InChI=1S/C6H2ClN3OS3/c7-4-3(1-11)12-6(10-4)13-5-8-2-9-14-5/h1-2H. The van der Waals surface area contributed by atoms with Gasteiger partial charge in [-0.3, -0.25) is 4.79 Å². The zero-order valence-corrected chi connectivity index (χ0v) is 9.71. The van der Waals surface area contributed by atoms with Crippen LogP contribution in [0.1, 0.15) is 9.67 Å². The molecule has 2 heterocycles. The molecule has 0 bridgehead atoms. The van der Waals surface area contributed by atoms with E-state index in [0.717, 1.165) is 4.34 Å². The van der Waals surface area contributed by atoms with Gasteiger partial charge in [0, 0.05) is 0 Å². The van der Waals surface area contributed by atoms with Crippen LogP contribution >= 0.6 is 46.2 Å². The van der Waals surface area contributed by atoms with Crippen LogP contribution in [0.5, 0.6) is 0 Å². The molecule has 4 nitrogen and oxygen atoms in total. The maximum atomic E-state index is 10.5. The van der Waals surface area contributed by atoms with Crippen LogP contribution in [0.4, 0.5) is 0 Å². The van der Waals surface area contributed by atoms with E-state index in [2.05, 4.69) is 14.3 Å². The molecule has 0 aliphatic rings. The van der Waals surface area contributed by atoms with Crippen LogP contribution in [0, 0.1) is 0 Å². The quantitative estimate of drug-likeness (QED) is 0.797. The van der Waals surface area contributed by atoms with Gasteiger partial charge in [0.1, 0.15) is 11.2 Å². The molecule has 0 aliphatic heterocycles. The highest BCUT2D eigenvalue weighted by atomic mass is 35.5. The molecule has 0 spiro atoms. The van der Waals surface area contributed by atoms with Crippen LogP contribution in [0.3, 0.4) is 0 Å². The summed E-state index contributed by atoms with van der Waals surface area (Å²) in [7, 11) is 0. The number of aldehydes is 1. The predicted octanol–water partition coefficient (Wildman–Crippen LogP) is 2.61. The summed E-state index contributed by atoms with van der Waals surface area (Å²) in [4.78, 5) is 18.9. The Hall–Kier alpha value is -0.500. The maximum Gasteiger partial charge on any atom is 0.176 e. The number of aromatic nitrogens is 3. The van der Waals surface area contributed by atoms with Crippen molar-refractivity contribution >= 4 is 52.5 Å². The number of carbonyl (C=O) groups excluding carboxylic acids is 1. The zero-order chi connectivity index (χ0) is 9.97. The van der Waals surface area contributed by atoms with Crippen LogP contribution in [-0.4, -0.2) is 20.6 Å². The molecular formula is C6H2ClN3OS3. The molecule has 72 valence electrons. The molecule has 0 N–H and O–H groups in total. The van der Waals surface area contributed by atoms with Crippen molar-refractivity contribution in [1.29, 1.82) is 0 Å². The lowest BCUT2D eigenvalue weighted by molar-refractivity contribution is 0.112. The first kappa shape index (κ1) is 10.0. The summed E-state index contributed by atoms with van der Waals surface area (Å²) in [5, 5.41) is 0.247. The van der Waals surface area contributed by atoms with E-state index in [9.17, 15) is 4.79 Å². The fourth-order valence-electron chi connectivity index (χ4n) is 0.693. The summed E-state index contributed by atoms with van der Waals surface area (Å²) in [6, 6.07) is 0. The van der Waals surface area contributed by atoms with Gasteiger partial charge >= 0.3 is 0 Å². The largest absolute Gasteiger partial charge is 0.297 e. The summed E-state index contributed by atoms with van der Waals surface area (Å²) in [6.07, 6.45) is 2.17. The highest BCUT2D eigenvalue weighted by Crippen LogP contribution is 2.34. The Morgan fingerprint density at radius 3 is 2.93 bits per heavy atom. The van der Waals surface area contributed by atoms with Gasteiger partial charge in [0.05, 0.1) is 0 Å². The molecule has 0 saturated carbocycles. The number of halogens is 1. The molecule has 0 fully saturated rings. The molecule has 8 heteroatoms. The first-order valence-electron chi connectivity index (χ1n) is 3.35. The smallest absolute Gasteiger partial charge is 0.176 e. The maximum absolute atomic E-state index is 10.5. The van der Waals surface area contributed by atoms with E-state index >= 15 is 0 Å². The Bertz CT molecular complexity index is 441. The number of thiazole rings is 1. The van der Waals surface area contributed by atoms with Crippen LogP contribution in [0.2, 0.25) is 5.15 Å². The Kier molecular flexibility index (Phi) is 3.12. The third-order valence-electron chi connectivity index (χ3n) is 1.21. The number of carbonyl (C=O) groups is 1. The lowest BCUT2D eigenvalue weighted by atomic mass is 10.6. The molecule has 0 aromatic carbocycles. The van der Waals surface area contributed by atoms with Gasteiger partial charge in [0.2, 0.25) is 0 Å². The molecule has 2 aromatic heterocycles. The molecule has 2 rings (SSSR count). The van der Waals surface area contributed by atoms with E-state index in [1.807, 2.05) is 0 Å². The summed E-state index contributed by atoms with van der Waals surface area (Å²) >= 11 is 9.59. The van der Waals surface area contributed by atoms with Gasteiger partial charge in [0.25, 0.3) is 0 Å². The lowest BCUT2D eigenvalue weighted by Crippen LogP contribution is -1.71. The van der Waals surface area contributed by atoms with Crippen molar-refractivity contribution in [1.82, 2.24) is 14.3 Å². The van der Waals surface area contributed by atoms with Gasteiger partial charge in [-0.15, -0.1) is 11.3 Å². The number of hydrogen-bond acceptors (Lipinski definition) is 7. The first-order chi connectivity index (χ1) is 6.79. The van der Waals surface area contributed by atoms with Crippen molar-refractivity contribution in [2.75, 3.05) is 0 Å². The first-order valence-corrected chi connectivity index (χ1v) is 6.14. The third kappa shape index (κ3) is 2.11. The number of nitrogens with zero attached hydrogens (tertiary/aromatic N) is 3. The van der Waals surface area contributed by atoms with Crippen molar-refractivity contribution in [2.24, 2.45) is 0 Å². The molecule has 2 aromatic rings. The van der Waals surface area contributed by atoms with Crippen molar-refractivity contribution in [3.8, 4) is 0 Å². The molecule has 0 atom stereocenters. The highest BCUT2D eigenvalue weighted by Gasteiger charge is 2.10. The van der Waals surface area contributed by atoms with Crippen LogP contribution in [0.25, 0.3) is 0 Å². The van der Waals surface area contributed by atoms with Crippen molar-refractivity contribution in [3.63, 3.8) is 0 Å². The predicted molar refractivity (Wildman–Crippen MR) is 56.5 cm³/mol. The normalized spacial score (nSPS) is 10.4. The van der Waals surface area contributed by atoms with Gasteiger partial charge in [-0.05, 0) is 23.3 Å². The molecule has 0 amide bonds. The second-order valence-electron chi connectivity index (χ2n) is 2.06. The lowest BCUT2D eigenvalue weighted by Gasteiger charge is -1.85. The second kappa shape index (κ2) is 4.35. The fourth-order valence-corrected chi connectivity index (χ4v) is 3.55. The van der Waals surface area contributed by atoms with E-state index in [-0.39, 0.29) is 5.15 Å². The monoisotopic (exact) mass is 263 g/mol. The van der Waals surface area contributed by atoms with Gasteiger partial charge in [-0.25, -0.2) is 9.97 Å². The zero-order valence-electron chi connectivity index (χ0n) is 6.51. The average Bonchev–Trinajstić information content (AvgIpc) is 2.76. The Morgan fingerprint density at radius 1 is 1.50 bits per heavy atom. The summed E-state index contributed by atoms with van der Waals surface area (Å²) in [5.41, 5.74) is 0. The van der Waals surface area contributed by atoms with Gasteiger partial charge in [-0.1, -0.05) is 11.6 Å². The topological polar surface area (TPSA) is 55.7 Å². The third-order valence-corrected chi connectivity index (χ3v) is 4.37. The minimum Gasteiger partial charge on any atom is -0.297 e. The van der Waals surface area contributed by atoms with E-state index in [1.54, 1.807) is 0 Å². The summed E-state index contributed by atoms with van der Waals surface area (Å²) < 4.78 is 5.34. The summed E-state index contributed by atoms with van der Waals surface area (Å²) in [6.45, 7) is 0. The van der Waals surface area contributed by atoms with Gasteiger partial charge in [-0.2, -0.15) is 4.37 Å². The summed E-state index contributed by atoms with van der Waals surface area (Å²) in [5.74, 6) is 0. The average molecular weight is 264 g/mol. The minimum absolute atomic E-state index is 0.247. The number of hydrogen-bond donors (Lipinski definition) is 0. The van der Waals surface area contributed by atoms with Crippen molar-refractivity contribution < 1.29 is 4.79 Å². The number of rotatable bonds is 3. The highest BCUT2D eigenvalue weighted by molar-refractivity contribution is 8.02. The Labute approximate surface area is 96.5 Å². The Morgan fingerprint density at radius 2 is 2.36 bits per heavy atom. The van der Waals surface area contributed by atoms with Crippen LogP contribution in [-0.2, 0) is 0 Å². The molecular weight excluding hydrogens is 262 g/mol. The van der Waals surface area contributed by atoms with Gasteiger partial charge in [0.15, 0.2) is 20.1 Å². The van der Waals surface area contributed by atoms with Crippen molar-refractivity contribution in [3.05, 3.63) is 16.4 Å². The fraction of sp³-hybridized carbons (Fsp3) is 0. The SMILES string of the molecule is O=Cc1sc(Sc2ncns2)nc1Cl. The molecule has 0 unspecified atom stereocenters. The molecule has 0 radical (unpaired) electrons. The molecule has 14 heavy (non-hydrogen) atoms. The minimum atomic E-state index is 0.247. The van der Waals surface area contributed by atoms with E-state index < -0.39 is 0 Å². The van der Waals surface area contributed by atoms with E-state index in [4.69, 9.17) is 11.6 Å².